The number of carbonyl (C=O) groups excluding carboxylic acids is 1. The quantitative estimate of drug-likeness (QED) is 0.795. The van der Waals surface area contributed by atoms with E-state index in [2.05, 4.69) is 11.1 Å². The van der Waals surface area contributed by atoms with Gasteiger partial charge in [0.05, 0.1) is 5.69 Å². The standard InChI is InChI=1S/C18H21NO2/c1-18(2,3)21-17(20)11-10-14-7-6-8-15(13-14)16-9-4-5-12-19-16/h4-9,12-13H,10-11H2,1-3H3. The largest absolute Gasteiger partial charge is 0.460 e. The van der Waals surface area contributed by atoms with Gasteiger partial charge in [-0.2, -0.15) is 0 Å². The number of nitrogens with zero attached hydrogens (tertiary/aromatic N) is 1. The lowest BCUT2D eigenvalue weighted by atomic mass is 10.0. The number of hydrogen-bond donors (Lipinski definition) is 0. The topological polar surface area (TPSA) is 39.2 Å². The Bertz CT molecular complexity index is 600. The van der Waals surface area contributed by atoms with Gasteiger partial charge in [0.25, 0.3) is 0 Å². The Hall–Kier alpha value is -2.16. The van der Waals surface area contributed by atoms with Gasteiger partial charge in [-0.05, 0) is 51.0 Å². The van der Waals surface area contributed by atoms with E-state index >= 15 is 0 Å². The first-order valence-electron chi connectivity index (χ1n) is 7.16. The van der Waals surface area contributed by atoms with Gasteiger partial charge in [0, 0.05) is 18.2 Å². The highest BCUT2D eigenvalue weighted by Gasteiger charge is 2.15. The molecular formula is C18H21NO2. The van der Waals surface area contributed by atoms with E-state index in [1.807, 2.05) is 57.2 Å². The molecule has 0 unspecified atom stereocenters. The van der Waals surface area contributed by atoms with Crippen molar-refractivity contribution in [2.45, 2.75) is 39.2 Å². The maximum absolute atomic E-state index is 11.8. The van der Waals surface area contributed by atoms with E-state index in [0.29, 0.717) is 12.8 Å². The van der Waals surface area contributed by atoms with Crippen LogP contribution in [0.3, 0.4) is 0 Å². The zero-order chi connectivity index (χ0) is 15.3. The lowest BCUT2D eigenvalue weighted by Gasteiger charge is -2.19. The molecule has 2 rings (SSSR count). The number of aryl methyl sites for hydroxylation is 1. The molecule has 1 aromatic carbocycles. The van der Waals surface area contributed by atoms with Crippen molar-refractivity contribution in [1.29, 1.82) is 0 Å². The van der Waals surface area contributed by atoms with Crippen molar-refractivity contribution in [3.8, 4) is 11.3 Å². The first-order valence-corrected chi connectivity index (χ1v) is 7.16. The zero-order valence-electron chi connectivity index (χ0n) is 12.8. The van der Waals surface area contributed by atoms with Gasteiger partial charge in [-0.15, -0.1) is 0 Å². The number of rotatable bonds is 4. The van der Waals surface area contributed by atoms with Crippen LogP contribution in [0.1, 0.15) is 32.8 Å². The molecule has 0 aliphatic carbocycles. The van der Waals surface area contributed by atoms with Crippen LogP contribution in [-0.2, 0) is 16.0 Å². The first kappa shape index (κ1) is 15.2. The second-order valence-electron chi connectivity index (χ2n) is 6.00. The molecular weight excluding hydrogens is 262 g/mol. The molecule has 21 heavy (non-hydrogen) atoms. The number of benzene rings is 1. The fourth-order valence-electron chi connectivity index (χ4n) is 2.06. The third kappa shape index (κ3) is 5.03. The van der Waals surface area contributed by atoms with Crippen LogP contribution in [0, 0.1) is 0 Å². The molecule has 0 atom stereocenters. The summed E-state index contributed by atoms with van der Waals surface area (Å²) in [5.41, 5.74) is 2.70. The third-order valence-corrected chi connectivity index (χ3v) is 2.93. The van der Waals surface area contributed by atoms with Gasteiger partial charge >= 0.3 is 5.97 Å². The van der Waals surface area contributed by atoms with Crippen molar-refractivity contribution in [1.82, 2.24) is 4.98 Å². The molecule has 0 aliphatic rings. The van der Waals surface area contributed by atoms with E-state index in [1.165, 1.54) is 0 Å². The molecule has 0 N–H and O–H groups in total. The molecule has 0 bridgehead atoms. The highest BCUT2D eigenvalue weighted by molar-refractivity contribution is 5.70. The molecule has 1 aromatic heterocycles. The number of ether oxygens (including phenoxy) is 1. The summed E-state index contributed by atoms with van der Waals surface area (Å²) < 4.78 is 5.32. The highest BCUT2D eigenvalue weighted by Crippen LogP contribution is 2.19. The lowest BCUT2D eigenvalue weighted by molar-refractivity contribution is -0.154. The van der Waals surface area contributed by atoms with Crippen molar-refractivity contribution < 1.29 is 9.53 Å². The van der Waals surface area contributed by atoms with Crippen molar-refractivity contribution in [2.75, 3.05) is 0 Å². The Labute approximate surface area is 126 Å². The number of hydrogen-bond acceptors (Lipinski definition) is 3. The van der Waals surface area contributed by atoms with Crippen LogP contribution in [0.5, 0.6) is 0 Å². The minimum atomic E-state index is -0.424. The lowest BCUT2D eigenvalue weighted by Crippen LogP contribution is -2.24. The maximum atomic E-state index is 11.8. The van der Waals surface area contributed by atoms with Crippen LogP contribution >= 0.6 is 0 Å². The molecule has 3 heteroatoms. The Balaban J connectivity index is 2.01. The predicted octanol–water partition coefficient (Wildman–Crippen LogP) is 4.02. The highest BCUT2D eigenvalue weighted by atomic mass is 16.6. The third-order valence-electron chi connectivity index (χ3n) is 2.93. The Morgan fingerprint density at radius 3 is 2.62 bits per heavy atom. The maximum Gasteiger partial charge on any atom is 0.306 e. The molecule has 0 amide bonds. The van der Waals surface area contributed by atoms with Gasteiger partial charge in [-0.25, -0.2) is 0 Å². The van der Waals surface area contributed by atoms with Crippen LogP contribution < -0.4 is 0 Å². The van der Waals surface area contributed by atoms with Crippen LogP contribution in [0.4, 0.5) is 0 Å². The predicted molar refractivity (Wildman–Crippen MR) is 83.8 cm³/mol. The summed E-state index contributed by atoms with van der Waals surface area (Å²) in [6.45, 7) is 5.64. The summed E-state index contributed by atoms with van der Waals surface area (Å²) in [6.07, 6.45) is 2.85. The molecule has 1 heterocycles. The van der Waals surface area contributed by atoms with Crippen molar-refractivity contribution >= 4 is 5.97 Å². The van der Waals surface area contributed by atoms with E-state index in [1.54, 1.807) is 6.20 Å². The molecule has 2 aromatic rings. The minimum Gasteiger partial charge on any atom is -0.460 e. The molecule has 110 valence electrons. The fraction of sp³-hybridized carbons (Fsp3) is 0.333. The summed E-state index contributed by atoms with van der Waals surface area (Å²) in [5, 5.41) is 0. The molecule has 0 spiro atoms. The average Bonchev–Trinajstić information content (AvgIpc) is 2.45. The van der Waals surface area contributed by atoms with Crippen molar-refractivity contribution in [3.05, 3.63) is 54.2 Å². The monoisotopic (exact) mass is 283 g/mol. The van der Waals surface area contributed by atoms with Crippen LogP contribution in [0.25, 0.3) is 11.3 Å². The first-order chi connectivity index (χ1) is 9.94. The normalized spacial score (nSPS) is 11.2. The van der Waals surface area contributed by atoms with E-state index in [0.717, 1.165) is 16.8 Å². The average molecular weight is 283 g/mol. The second kappa shape index (κ2) is 6.53. The van der Waals surface area contributed by atoms with Crippen LogP contribution in [0.2, 0.25) is 0 Å². The van der Waals surface area contributed by atoms with Gasteiger partial charge in [0.1, 0.15) is 5.60 Å². The fourth-order valence-corrected chi connectivity index (χ4v) is 2.06. The smallest absolute Gasteiger partial charge is 0.306 e. The second-order valence-corrected chi connectivity index (χ2v) is 6.00. The van der Waals surface area contributed by atoms with E-state index < -0.39 is 5.60 Å². The molecule has 0 fully saturated rings. The summed E-state index contributed by atoms with van der Waals surface area (Å²) >= 11 is 0. The SMILES string of the molecule is CC(C)(C)OC(=O)CCc1cccc(-c2ccccn2)c1. The van der Waals surface area contributed by atoms with Gasteiger partial charge in [-0.3, -0.25) is 9.78 Å². The van der Waals surface area contributed by atoms with E-state index in [9.17, 15) is 4.79 Å². The number of pyridine rings is 1. The summed E-state index contributed by atoms with van der Waals surface area (Å²) in [6, 6.07) is 14.0. The van der Waals surface area contributed by atoms with Gasteiger partial charge in [0.15, 0.2) is 0 Å². The van der Waals surface area contributed by atoms with Gasteiger partial charge in [0.2, 0.25) is 0 Å². The Morgan fingerprint density at radius 2 is 1.95 bits per heavy atom. The van der Waals surface area contributed by atoms with E-state index in [4.69, 9.17) is 4.74 Å². The number of esters is 1. The molecule has 0 saturated heterocycles. The Morgan fingerprint density at radius 1 is 1.14 bits per heavy atom. The van der Waals surface area contributed by atoms with Crippen molar-refractivity contribution in [3.63, 3.8) is 0 Å². The van der Waals surface area contributed by atoms with E-state index in [-0.39, 0.29) is 5.97 Å². The summed E-state index contributed by atoms with van der Waals surface area (Å²) in [7, 11) is 0. The molecule has 3 nitrogen and oxygen atoms in total. The zero-order valence-corrected chi connectivity index (χ0v) is 12.8. The minimum absolute atomic E-state index is 0.161. The Kier molecular flexibility index (Phi) is 4.73. The van der Waals surface area contributed by atoms with Gasteiger partial charge < -0.3 is 4.74 Å². The summed E-state index contributed by atoms with van der Waals surface area (Å²) in [5.74, 6) is -0.161. The van der Waals surface area contributed by atoms with Gasteiger partial charge in [-0.1, -0.05) is 24.3 Å². The van der Waals surface area contributed by atoms with Crippen LogP contribution in [-0.4, -0.2) is 16.6 Å². The number of carbonyl (C=O) groups is 1. The number of aromatic nitrogens is 1. The molecule has 0 radical (unpaired) electrons. The molecule has 0 aliphatic heterocycles. The van der Waals surface area contributed by atoms with Crippen LogP contribution in [0.15, 0.2) is 48.7 Å². The molecule has 0 saturated carbocycles. The summed E-state index contributed by atoms with van der Waals surface area (Å²) in [4.78, 5) is 16.1. The van der Waals surface area contributed by atoms with Crippen molar-refractivity contribution in [2.24, 2.45) is 0 Å².